The number of benzene rings is 3. The van der Waals surface area contributed by atoms with Gasteiger partial charge >= 0.3 is 12.1 Å². The molecule has 0 heterocycles. The molecule has 0 radical (unpaired) electrons. The van der Waals surface area contributed by atoms with Crippen LogP contribution in [0.25, 0.3) is 6.08 Å². The van der Waals surface area contributed by atoms with E-state index in [4.69, 9.17) is 9.47 Å². The topological polar surface area (TPSA) is 134 Å². The van der Waals surface area contributed by atoms with Crippen molar-refractivity contribution in [2.75, 3.05) is 0 Å². The third kappa shape index (κ3) is 12.6. The zero-order valence-corrected chi connectivity index (χ0v) is 31.3. The summed E-state index contributed by atoms with van der Waals surface area (Å²) in [6.07, 6.45) is 1.00. The second-order valence-corrected chi connectivity index (χ2v) is 15.5. The van der Waals surface area contributed by atoms with Crippen LogP contribution >= 0.6 is 0 Å². The van der Waals surface area contributed by atoms with E-state index in [-0.39, 0.29) is 18.6 Å². The van der Waals surface area contributed by atoms with Gasteiger partial charge in [-0.15, -0.1) is 0 Å². The lowest BCUT2D eigenvalue weighted by molar-refractivity contribution is -0.159. The molecular weight excluding hydrogens is 646 g/mol. The average molecular weight is 700 g/mol. The van der Waals surface area contributed by atoms with E-state index in [9.17, 15) is 24.3 Å². The minimum Gasteiger partial charge on any atom is -0.508 e. The van der Waals surface area contributed by atoms with Crippen molar-refractivity contribution in [2.45, 2.75) is 110 Å². The molecule has 3 unspecified atom stereocenters. The molecule has 3 N–H and O–H groups in total. The number of phenols is 1. The second kappa shape index (κ2) is 16.7. The molecule has 0 aromatic heterocycles. The van der Waals surface area contributed by atoms with Crippen LogP contribution < -0.4 is 10.6 Å². The van der Waals surface area contributed by atoms with Gasteiger partial charge in [0, 0.05) is 18.4 Å². The summed E-state index contributed by atoms with van der Waals surface area (Å²) in [4.78, 5) is 57.9. The molecule has 10 heteroatoms. The molecule has 3 aromatic carbocycles. The van der Waals surface area contributed by atoms with Crippen molar-refractivity contribution in [2.24, 2.45) is 0 Å². The molecule has 51 heavy (non-hydrogen) atoms. The molecule has 0 saturated carbocycles. The lowest BCUT2D eigenvalue weighted by Gasteiger charge is -2.43. The number of esters is 1. The zero-order chi connectivity index (χ0) is 38.1. The predicted molar refractivity (Wildman–Crippen MR) is 199 cm³/mol. The van der Waals surface area contributed by atoms with Crippen molar-refractivity contribution in [3.8, 4) is 5.75 Å². The summed E-state index contributed by atoms with van der Waals surface area (Å²) in [5.41, 5.74) is -0.0211. The van der Waals surface area contributed by atoms with Crippen LogP contribution in [-0.4, -0.2) is 62.7 Å². The van der Waals surface area contributed by atoms with Gasteiger partial charge in [0.25, 0.3) is 0 Å². The molecule has 3 amide bonds. The summed E-state index contributed by atoms with van der Waals surface area (Å²) < 4.78 is 11.3. The Morgan fingerprint density at radius 1 is 0.745 bits per heavy atom. The highest BCUT2D eigenvalue weighted by atomic mass is 16.6. The lowest BCUT2D eigenvalue weighted by atomic mass is 9.93. The highest BCUT2D eigenvalue weighted by molar-refractivity contribution is 5.94. The van der Waals surface area contributed by atoms with Gasteiger partial charge in [0.15, 0.2) is 0 Å². The van der Waals surface area contributed by atoms with Gasteiger partial charge in [0.2, 0.25) is 11.8 Å². The smallest absolute Gasteiger partial charge is 0.408 e. The highest BCUT2D eigenvalue weighted by Gasteiger charge is 2.43. The molecule has 0 fully saturated rings. The van der Waals surface area contributed by atoms with E-state index in [0.29, 0.717) is 16.7 Å². The largest absolute Gasteiger partial charge is 0.508 e. The number of amides is 3. The second-order valence-electron chi connectivity index (χ2n) is 15.5. The number of carbonyl (C=O) groups excluding carboxylic acids is 4. The fraction of sp³-hybridized carbons (Fsp3) is 0.415. The SMILES string of the molecule is C=Cc1cccc(C(C(=O)NC(Cc2ccccc2)C(=O)OC(C)(C)C)N(C(=O)C(Cc2ccc(O)cc2)NC(=O)OC(C)(C)C)C(C)(C)C)c1. The number of hydrogen-bond acceptors (Lipinski definition) is 7. The normalized spacial score (nSPS) is 13.6. The number of nitrogens with zero attached hydrogens (tertiary/aromatic N) is 1. The molecule has 3 atom stereocenters. The van der Waals surface area contributed by atoms with Gasteiger partial charge in [-0.05, 0) is 103 Å². The number of phenolic OH excluding ortho intramolecular Hbond substituents is 1. The molecule has 0 bridgehead atoms. The van der Waals surface area contributed by atoms with E-state index >= 15 is 0 Å². The molecule has 0 aliphatic carbocycles. The van der Waals surface area contributed by atoms with Gasteiger partial charge < -0.3 is 30.1 Å². The summed E-state index contributed by atoms with van der Waals surface area (Å²) in [5, 5.41) is 15.6. The van der Waals surface area contributed by atoms with Crippen LogP contribution in [0.1, 0.15) is 90.6 Å². The van der Waals surface area contributed by atoms with Crippen molar-refractivity contribution in [1.29, 1.82) is 0 Å². The molecule has 0 aliphatic heterocycles. The van der Waals surface area contributed by atoms with Crippen molar-refractivity contribution >= 4 is 30.0 Å². The number of hydrogen-bond donors (Lipinski definition) is 3. The fourth-order valence-corrected chi connectivity index (χ4v) is 5.47. The molecule has 10 nitrogen and oxygen atoms in total. The third-order valence-electron chi connectivity index (χ3n) is 7.58. The molecule has 0 aliphatic rings. The summed E-state index contributed by atoms with van der Waals surface area (Å²) in [6.45, 7) is 19.7. The van der Waals surface area contributed by atoms with Crippen molar-refractivity contribution < 1.29 is 33.8 Å². The Morgan fingerprint density at radius 2 is 1.31 bits per heavy atom. The summed E-state index contributed by atoms with van der Waals surface area (Å²) in [5.74, 6) is -1.76. The monoisotopic (exact) mass is 699 g/mol. The van der Waals surface area contributed by atoms with Gasteiger partial charge in [-0.2, -0.15) is 0 Å². The van der Waals surface area contributed by atoms with E-state index in [1.807, 2.05) is 36.4 Å². The fourth-order valence-electron chi connectivity index (χ4n) is 5.47. The van der Waals surface area contributed by atoms with Crippen LogP contribution in [0.15, 0.2) is 85.4 Å². The van der Waals surface area contributed by atoms with Gasteiger partial charge in [0.05, 0.1) is 0 Å². The molecule has 274 valence electrons. The van der Waals surface area contributed by atoms with Gasteiger partial charge in [-0.25, -0.2) is 9.59 Å². The molecule has 3 aromatic rings. The molecular formula is C41H53N3O7. The Bertz CT molecular complexity index is 1670. The minimum atomic E-state index is -1.26. The van der Waals surface area contributed by atoms with E-state index in [0.717, 1.165) is 5.56 Å². The number of aromatic hydroxyl groups is 1. The Labute approximate surface area is 302 Å². The Balaban J connectivity index is 2.17. The maximum Gasteiger partial charge on any atom is 0.408 e. The lowest BCUT2D eigenvalue weighted by Crippen LogP contribution is -2.60. The average Bonchev–Trinajstić information content (AvgIpc) is 3.01. The van der Waals surface area contributed by atoms with Crippen molar-refractivity contribution in [3.63, 3.8) is 0 Å². The van der Waals surface area contributed by atoms with Gasteiger partial charge in [-0.1, -0.05) is 73.3 Å². The van der Waals surface area contributed by atoms with Crippen molar-refractivity contribution in [1.82, 2.24) is 15.5 Å². The first-order valence-electron chi connectivity index (χ1n) is 17.1. The first-order chi connectivity index (χ1) is 23.7. The quantitative estimate of drug-likeness (QED) is 0.175. The predicted octanol–water partition coefficient (Wildman–Crippen LogP) is 6.91. The van der Waals surface area contributed by atoms with E-state index in [1.165, 1.54) is 17.0 Å². The summed E-state index contributed by atoms with van der Waals surface area (Å²) in [7, 11) is 0. The standard InChI is InChI=1S/C41H53N3O7/c1-11-27-18-15-19-30(24-27)34(35(46)42-33(37(48)50-40(5,6)7)26-28-16-13-12-14-17-28)44(39(2,3)4)36(47)32(43-38(49)51-41(8,9)10)25-29-20-22-31(45)23-21-29/h11-24,32-34,45H,1,25-26H2,2-10H3,(H,42,46)(H,43,49). The minimum absolute atomic E-state index is 0.0283. The third-order valence-corrected chi connectivity index (χ3v) is 7.58. The Kier molecular flexibility index (Phi) is 13.2. The molecule has 0 spiro atoms. The van der Waals surface area contributed by atoms with Crippen molar-refractivity contribution in [3.05, 3.63) is 108 Å². The van der Waals surface area contributed by atoms with E-state index in [1.54, 1.807) is 98.7 Å². The van der Waals surface area contributed by atoms with Crippen LogP contribution in [0, 0.1) is 0 Å². The van der Waals surface area contributed by atoms with E-state index < -0.39 is 58.7 Å². The molecule has 3 rings (SSSR count). The maximum atomic E-state index is 14.9. The van der Waals surface area contributed by atoms with Gasteiger partial charge in [0.1, 0.15) is 35.1 Å². The zero-order valence-electron chi connectivity index (χ0n) is 31.3. The van der Waals surface area contributed by atoms with Gasteiger partial charge in [-0.3, -0.25) is 9.59 Å². The number of nitrogens with one attached hydrogen (secondary N) is 2. The van der Waals surface area contributed by atoms with E-state index in [2.05, 4.69) is 17.2 Å². The first kappa shape index (κ1) is 40.3. The van der Waals surface area contributed by atoms with Crippen LogP contribution in [0.4, 0.5) is 4.79 Å². The molecule has 0 saturated heterocycles. The highest BCUT2D eigenvalue weighted by Crippen LogP contribution is 2.32. The van der Waals surface area contributed by atoms with Crippen LogP contribution in [0.2, 0.25) is 0 Å². The number of carbonyl (C=O) groups is 4. The first-order valence-corrected chi connectivity index (χ1v) is 17.1. The summed E-state index contributed by atoms with van der Waals surface area (Å²) in [6, 6.07) is 19.1. The number of alkyl carbamates (subject to hydrolysis) is 1. The van der Waals surface area contributed by atoms with Crippen LogP contribution in [0.5, 0.6) is 5.75 Å². The van der Waals surface area contributed by atoms with Crippen LogP contribution in [0.3, 0.4) is 0 Å². The Morgan fingerprint density at radius 3 is 1.86 bits per heavy atom. The maximum absolute atomic E-state index is 14.9. The Hall–Kier alpha value is -5.12. The number of rotatable bonds is 12. The van der Waals surface area contributed by atoms with Crippen LogP contribution in [-0.2, 0) is 36.7 Å². The number of ether oxygens (including phenoxy) is 2. The summed E-state index contributed by atoms with van der Waals surface area (Å²) >= 11 is 0.